The summed E-state index contributed by atoms with van der Waals surface area (Å²) >= 11 is 5.88. The molecule has 0 bridgehead atoms. The van der Waals surface area contributed by atoms with Crippen LogP contribution in [0.4, 0.5) is 5.69 Å². The summed E-state index contributed by atoms with van der Waals surface area (Å²) in [6, 6.07) is 14.4. The first-order chi connectivity index (χ1) is 10.2. The largest absolute Gasteiger partial charge is 0.484 e. The molecule has 106 valence electrons. The first-order valence-corrected chi connectivity index (χ1v) is 6.65. The molecular formula is C15H12ClN3O2. The van der Waals surface area contributed by atoms with Gasteiger partial charge >= 0.3 is 0 Å². The van der Waals surface area contributed by atoms with Gasteiger partial charge in [0.25, 0.3) is 5.89 Å². The maximum absolute atomic E-state index is 5.88. The lowest BCUT2D eigenvalue weighted by Crippen LogP contribution is -1.95. The molecule has 0 atom stereocenters. The molecule has 0 amide bonds. The smallest absolute Gasteiger partial charge is 0.264 e. The van der Waals surface area contributed by atoms with Crippen molar-refractivity contribution in [1.82, 2.24) is 10.1 Å². The van der Waals surface area contributed by atoms with Crippen LogP contribution in [0.5, 0.6) is 5.75 Å². The third-order valence-electron chi connectivity index (χ3n) is 2.77. The molecule has 2 N–H and O–H groups in total. The van der Waals surface area contributed by atoms with Crippen molar-refractivity contribution in [3.05, 3.63) is 59.4 Å². The maximum atomic E-state index is 5.88. The van der Waals surface area contributed by atoms with Crippen LogP contribution in [0.1, 0.15) is 5.89 Å². The third-order valence-corrected chi connectivity index (χ3v) is 3.01. The van der Waals surface area contributed by atoms with Crippen molar-refractivity contribution in [2.24, 2.45) is 0 Å². The van der Waals surface area contributed by atoms with Crippen LogP contribution in [0.3, 0.4) is 0 Å². The molecule has 1 heterocycles. The van der Waals surface area contributed by atoms with E-state index in [1.165, 1.54) is 0 Å². The quantitative estimate of drug-likeness (QED) is 0.746. The molecule has 6 heteroatoms. The molecule has 0 aliphatic rings. The van der Waals surface area contributed by atoms with E-state index in [9.17, 15) is 0 Å². The summed E-state index contributed by atoms with van der Waals surface area (Å²) in [5, 5.41) is 4.52. The SMILES string of the molecule is Nc1cccc(-c2noc(COc3cccc(Cl)c3)n2)c1. The fraction of sp³-hybridized carbons (Fsp3) is 0.0667. The number of nitrogens with two attached hydrogens (primary N) is 1. The molecule has 0 aliphatic heterocycles. The van der Waals surface area contributed by atoms with Gasteiger partial charge in [0, 0.05) is 16.3 Å². The van der Waals surface area contributed by atoms with Crippen molar-refractivity contribution in [3.8, 4) is 17.1 Å². The number of nitrogen functional groups attached to an aromatic ring is 1. The third kappa shape index (κ3) is 3.32. The molecule has 3 rings (SSSR count). The number of nitrogens with zero attached hydrogens (tertiary/aromatic N) is 2. The molecule has 5 nitrogen and oxygen atoms in total. The Morgan fingerprint density at radius 1 is 1.14 bits per heavy atom. The molecule has 1 aromatic heterocycles. The van der Waals surface area contributed by atoms with E-state index < -0.39 is 0 Å². The average Bonchev–Trinajstić information content (AvgIpc) is 2.94. The summed E-state index contributed by atoms with van der Waals surface area (Å²) in [7, 11) is 0. The number of halogens is 1. The first-order valence-electron chi connectivity index (χ1n) is 6.27. The van der Waals surface area contributed by atoms with Gasteiger partial charge in [-0.1, -0.05) is 35.0 Å². The molecule has 0 unspecified atom stereocenters. The van der Waals surface area contributed by atoms with Gasteiger partial charge in [0.2, 0.25) is 5.82 Å². The standard InChI is InChI=1S/C15H12ClN3O2/c16-11-4-2-6-13(8-11)20-9-14-18-15(19-21-14)10-3-1-5-12(17)7-10/h1-8H,9,17H2. The summed E-state index contributed by atoms with van der Waals surface area (Å²) in [6.45, 7) is 0.176. The van der Waals surface area contributed by atoms with Gasteiger partial charge < -0.3 is 15.0 Å². The molecule has 2 aromatic carbocycles. The van der Waals surface area contributed by atoms with Crippen LogP contribution in [-0.2, 0) is 6.61 Å². The fourth-order valence-electron chi connectivity index (χ4n) is 1.81. The summed E-state index contributed by atoms with van der Waals surface area (Å²) < 4.78 is 10.7. The number of rotatable bonds is 4. The minimum absolute atomic E-state index is 0.176. The van der Waals surface area contributed by atoms with Crippen LogP contribution >= 0.6 is 11.6 Å². The molecule has 0 saturated carbocycles. The summed E-state index contributed by atoms with van der Waals surface area (Å²) in [4.78, 5) is 4.27. The highest BCUT2D eigenvalue weighted by Gasteiger charge is 2.09. The highest BCUT2D eigenvalue weighted by molar-refractivity contribution is 6.30. The Bertz CT molecular complexity index is 758. The molecular weight excluding hydrogens is 290 g/mol. The predicted molar refractivity (Wildman–Crippen MR) is 79.9 cm³/mol. The minimum atomic E-state index is 0.176. The van der Waals surface area contributed by atoms with Crippen LogP contribution < -0.4 is 10.5 Å². The number of ether oxygens (including phenoxy) is 1. The predicted octanol–water partition coefficient (Wildman–Crippen LogP) is 3.55. The van der Waals surface area contributed by atoms with Crippen LogP contribution in [0, 0.1) is 0 Å². The van der Waals surface area contributed by atoms with Gasteiger partial charge in [-0.15, -0.1) is 0 Å². The maximum Gasteiger partial charge on any atom is 0.264 e. The van der Waals surface area contributed by atoms with Crippen molar-refractivity contribution >= 4 is 17.3 Å². The Morgan fingerprint density at radius 3 is 2.81 bits per heavy atom. The van der Waals surface area contributed by atoms with E-state index in [1.54, 1.807) is 30.3 Å². The van der Waals surface area contributed by atoms with Crippen LogP contribution in [0.25, 0.3) is 11.4 Å². The lowest BCUT2D eigenvalue weighted by Gasteiger charge is -2.02. The first kappa shape index (κ1) is 13.5. The number of anilines is 1. The Balaban J connectivity index is 1.71. The molecule has 0 aliphatic carbocycles. The topological polar surface area (TPSA) is 74.2 Å². The van der Waals surface area contributed by atoms with Gasteiger partial charge in [-0.3, -0.25) is 0 Å². The van der Waals surface area contributed by atoms with Gasteiger partial charge in [0.05, 0.1) is 0 Å². The zero-order valence-corrected chi connectivity index (χ0v) is 11.7. The Morgan fingerprint density at radius 2 is 2.00 bits per heavy atom. The molecule has 0 fully saturated rings. The van der Waals surface area contributed by atoms with E-state index in [0.29, 0.717) is 28.2 Å². The summed E-state index contributed by atoms with van der Waals surface area (Å²) in [5.41, 5.74) is 7.17. The van der Waals surface area contributed by atoms with Gasteiger partial charge in [-0.2, -0.15) is 4.98 Å². The number of hydrogen-bond acceptors (Lipinski definition) is 5. The van der Waals surface area contributed by atoms with E-state index in [4.69, 9.17) is 26.6 Å². The summed E-state index contributed by atoms with van der Waals surface area (Å²) in [5.74, 6) is 1.51. The molecule has 0 radical (unpaired) electrons. The molecule has 3 aromatic rings. The van der Waals surface area contributed by atoms with E-state index in [-0.39, 0.29) is 6.61 Å². The van der Waals surface area contributed by atoms with E-state index in [0.717, 1.165) is 5.56 Å². The molecule has 0 spiro atoms. The van der Waals surface area contributed by atoms with Crippen LogP contribution in [0.15, 0.2) is 53.1 Å². The lowest BCUT2D eigenvalue weighted by molar-refractivity contribution is 0.243. The monoisotopic (exact) mass is 301 g/mol. The van der Waals surface area contributed by atoms with E-state index in [1.807, 2.05) is 18.2 Å². The number of hydrogen-bond donors (Lipinski definition) is 1. The van der Waals surface area contributed by atoms with Gasteiger partial charge in [0.15, 0.2) is 6.61 Å². The number of aromatic nitrogens is 2. The average molecular weight is 302 g/mol. The van der Waals surface area contributed by atoms with Gasteiger partial charge in [0.1, 0.15) is 5.75 Å². The second kappa shape index (κ2) is 5.85. The van der Waals surface area contributed by atoms with Crippen molar-refractivity contribution in [1.29, 1.82) is 0 Å². The van der Waals surface area contributed by atoms with Gasteiger partial charge in [-0.05, 0) is 30.3 Å². The highest BCUT2D eigenvalue weighted by Crippen LogP contribution is 2.20. The zero-order chi connectivity index (χ0) is 14.7. The Labute approximate surface area is 126 Å². The zero-order valence-electron chi connectivity index (χ0n) is 11.0. The van der Waals surface area contributed by atoms with Crippen LogP contribution in [0.2, 0.25) is 5.02 Å². The fourth-order valence-corrected chi connectivity index (χ4v) is 1.99. The second-order valence-corrected chi connectivity index (χ2v) is 4.82. The van der Waals surface area contributed by atoms with Crippen molar-refractivity contribution in [3.63, 3.8) is 0 Å². The summed E-state index contributed by atoms with van der Waals surface area (Å²) in [6.07, 6.45) is 0. The molecule has 0 saturated heterocycles. The van der Waals surface area contributed by atoms with Gasteiger partial charge in [-0.25, -0.2) is 0 Å². The van der Waals surface area contributed by atoms with Crippen molar-refractivity contribution in [2.75, 3.05) is 5.73 Å². The van der Waals surface area contributed by atoms with Crippen LogP contribution in [-0.4, -0.2) is 10.1 Å². The van der Waals surface area contributed by atoms with E-state index in [2.05, 4.69) is 10.1 Å². The van der Waals surface area contributed by atoms with Crippen molar-refractivity contribution < 1.29 is 9.26 Å². The van der Waals surface area contributed by atoms with E-state index >= 15 is 0 Å². The minimum Gasteiger partial charge on any atom is -0.484 e. The molecule has 21 heavy (non-hydrogen) atoms. The second-order valence-electron chi connectivity index (χ2n) is 4.38. The number of benzene rings is 2. The lowest BCUT2D eigenvalue weighted by atomic mass is 10.2. The Hall–Kier alpha value is -2.53. The normalized spacial score (nSPS) is 10.5. The highest BCUT2D eigenvalue weighted by atomic mass is 35.5. The van der Waals surface area contributed by atoms with Crippen molar-refractivity contribution in [2.45, 2.75) is 6.61 Å². The Kier molecular flexibility index (Phi) is 3.75.